The van der Waals surface area contributed by atoms with Crippen LogP contribution in [0.2, 0.25) is 0 Å². The number of carboxylic acid groups (broad SMARTS) is 1. The first kappa shape index (κ1) is 28.3. The lowest BCUT2D eigenvalue weighted by atomic mass is 9.84. The molecule has 1 heterocycles. The summed E-state index contributed by atoms with van der Waals surface area (Å²) in [6.07, 6.45) is -2.83. The van der Waals surface area contributed by atoms with Crippen LogP contribution in [0.5, 0.6) is 0 Å². The number of hydrogen-bond donors (Lipinski definition) is 3. The topological polar surface area (TPSA) is 108 Å². The van der Waals surface area contributed by atoms with E-state index in [1.807, 2.05) is 58.0 Å². The molecule has 3 N–H and O–H groups in total. The molecule has 1 unspecified atom stereocenters. The van der Waals surface area contributed by atoms with Crippen LogP contribution in [0.4, 0.5) is 4.39 Å². The lowest BCUT2D eigenvalue weighted by Gasteiger charge is -2.23. The molecule has 2 aromatic carbocycles. The lowest BCUT2D eigenvalue weighted by Crippen LogP contribution is -2.17. The Kier molecular flexibility index (Phi) is 9.04. The van der Waals surface area contributed by atoms with Gasteiger partial charge in [-0.3, -0.25) is 14.3 Å². The van der Waals surface area contributed by atoms with Crippen LogP contribution in [0.25, 0.3) is 22.4 Å². The Morgan fingerprint density at radius 1 is 1.00 bits per heavy atom. The second kappa shape index (κ2) is 11.8. The summed E-state index contributed by atoms with van der Waals surface area (Å²) in [4.78, 5) is 26.3. The molecule has 0 fully saturated rings. The molecule has 0 radical (unpaired) electrons. The molecule has 0 bridgehead atoms. The van der Waals surface area contributed by atoms with Gasteiger partial charge in [0.2, 0.25) is 0 Å². The van der Waals surface area contributed by atoms with Crippen LogP contribution in [0.3, 0.4) is 0 Å². The van der Waals surface area contributed by atoms with E-state index in [0.29, 0.717) is 22.4 Å². The number of hydrogen-bond acceptors (Lipinski definition) is 4. The standard InChI is InChI=1S/C29H31FNO5P/c1-18(2)26-27(20-10-12-22(30)13-11-20)24(14-15-37(35,36)17-23(32)16-25(33)34)28(19(3)4)31-29(26)21-8-6-5-7-9-21/h5-13,18-19,23,32H,16-17H2,1-4H3,(H,33,34)(H,35,36)/t23-/m0/s1. The van der Waals surface area contributed by atoms with E-state index in [1.165, 1.54) is 12.1 Å². The Hall–Kier alpha value is -3.30. The fourth-order valence-corrected chi connectivity index (χ4v) is 5.28. The zero-order valence-corrected chi connectivity index (χ0v) is 22.2. The molecular weight excluding hydrogens is 492 g/mol. The zero-order valence-electron chi connectivity index (χ0n) is 21.3. The summed E-state index contributed by atoms with van der Waals surface area (Å²) in [6, 6.07) is 15.7. The van der Waals surface area contributed by atoms with Gasteiger partial charge in [0.25, 0.3) is 7.37 Å². The molecule has 3 rings (SSSR count). The second-order valence-corrected chi connectivity index (χ2v) is 11.6. The number of rotatable bonds is 8. The molecule has 0 saturated heterocycles. The van der Waals surface area contributed by atoms with Crippen LogP contribution in [0, 0.1) is 17.4 Å². The molecule has 6 nitrogen and oxygen atoms in total. The quantitative estimate of drug-likeness (QED) is 0.239. The first-order chi connectivity index (χ1) is 17.4. The smallest absolute Gasteiger partial charge is 0.305 e. The summed E-state index contributed by atoms with van der Waals surface area (Å²) in [5.74, 6) is 1.07. The highest BCUT2D eigenvalue weighted by molar-refractivity contribution is 7.63. The van der Waals surface area contributed by atoms with Crippen molar-refractivity contribution in [3.8, 4) is 34.0 Å². The normalized spacial score (nSPS) is 13.6. The fraction of sp³-hybridized carbons (Fsp3) is 0.310. The van der Waals surface area contributed by atoms with Gasteiger partial charge in [0.05, 0.1) is 35.6 Å². The molecule has 8 heteroatoms. The molecule has 0 aliphatic heterocycles. The average molecular weight is 524 g/mol. The van der Waals surface area contributed by atoms with E-state index in [-0.39, 0.29) is 11.8 Å². The van der Waals surface area contributed by atoms with E-state index in [1.54, 1.807) is 12.1 Å². The molecule has 0 amide bonds. The molecule has 2 atom stereocenters. The van der Waals surface area contributed by atoms with E-state index in [9.17, 15) is 23.7 Å². The maximum absolute atomic E-state index is 13.9. The Balaban J connectivity index is 2.35. The Labute approximate surface area is 216 Å². The zero-order chi connectivity index (χ0) is 27.3. The summed E-state index contributed by atoms with van der Waals surface area (Å²) < 4.78 is 26.7. The average Bonchev–Trinajstić information content (AvgIpc) is 2.81. The van der Waals surface area contributed by atoms with Crippen LogP contribution in [0.1, 0.15) is 62.8 Å². The van der Waals surface area contributed by atoms with Crippen molar-refractivity contribution >= 4 is 13.3 Å². The van der Waals surface area contributed by atoms with Crippen molar-refractivity contribution in [2.75, 3.05) is 6.16 Å². The number of halogens is 1. The van der Waals surface area contributed by atoms with Gasteiger partial charge in [0.15, 0.2) is 0 Å². The number of aliphatic carboxylic acids is 1. The van der Waals surface area contributed by atoms with Gasteiger partial charge in [0.1, 0.15) is 5.82 Å². The highest BCUT2D eigenvalue weighted by Crippen LogP contribution is 2.43. The van der Waals surface area contributed by atoms with Gasteiger partial charge in [-0.15, -0.1) is 0 Å². The van der Waals surface area contributed by atoms with Crippen molar-refractivity contribution < 1.29 is 28.9 Å². The maximum Gasteiger partial charge on any atom is 0.305 e. The highest BCUT2D eigenvalue weighted by atomic mass is 31.2. The van der Waals surface area contributed by atoms with E-state index < -0.39 is 37.8 Å². The maximum atomic E-state index is 13.9. The molecule has 0 spiro atoms. The number of aliphatic hydroxyl groups is 1. The molecular formula is C29H31FNO5P. The van der Waals surface area contributed by atoms with Crippen LogP contribution in [-0.4, -0.2) is 38.3 Å². The van der Waals surface area contributed by atoms with E-state index in [4.69, 9.17) is 10.1 Å². The summed E-state index contributed by atoms with van der Waals surface area (Å²) >= 11 is 0. The van der Waals surface area contributed by atoms with Crippen molar-refractivity contribution in [2.24, 2.45) is 0 Å². The molecule has 37 heavy (non-hydrogen) atoms. The lowest BCUT2D eigenvalue weighted by molar-refractivity contribution is -0.138. The van der Waals surface area contributed by atoms with Crippen LogP contribution in [-0.2, 0) is 9.36 Å². The van der Waals surface area contributed by atoms with E-state index >= 15 is 0 Å². The minimum absolute atomic E-state index is 0.0251. The monoisotopic (exact) mass is 523 g/mol. The molecule has 0 saturated carbocycles. The number of carbonyl (C=O) groups is 1. The summed E-state index contributed by atoms with van der Waals surface area (Å²) in [5, 5.41) is 18.8. The largest absolute Gasteiger partial charge is 0.481 e. The second-order valence-electron chi connectivity index (χ2n) is 9.56. The number of pyridine rings is 1. The molecule has 3 aromatic rings. The van der Waals surface area contributed by atoms with Crippen molar-refractivity contribution in [3.05, 3.63) is 77.2 Å². The fourth-order valence-electron chi connectivity index (χ4n) is 4.20. The van der Waals surface area contributed by atoms with Gasteiger partial charge in [0, 0.05) is 11.1 Å². The van der Waals surface area contributed by atoms with Crippen molar-refractivity contribution in [2.45, 2.75) is 52.1 Å². The third-order valence-corrected chi connectivity index (χ3v) is 7.17. The SMILES string of the molecule is CC(C)c1nc(-c2ccccc2)c(C(C)C)c(-c2ccc(F)cc2)c1C#CP(=O)(O)C[C@@H](O)CC(=O)O. The minimum atomic E-state index is -4.21. The summed E-state index contributed by atoms with van der Waals surface area (Å²) in [6.45, 7) is 7.92. The molecule has 194 valence electrons. The van der Waals surface area contributed by atoms with Crippen LogP contribution < -0.4 is 0 Å². The van der Waals surface area contributed by atoms with Gasteiger partial charge in [-0.25, -0.2) is 4.39 Å². The van der Waals surface area contributed by atoms with Crippen molar-refractivity contribution in [1.82, 2.24) is 4.98 Å². The predicted octanol–water partition coefficient (Wildman–Crippen LogP) is 6.22. The Morgan fingerprint density at radius 2 is 1.62 bits per heavy atom. The van der Waals surface area contributed by atoms with E-state index in [0.717, 1.165) is 16.8 Å². The third kappa shape index (κ3) is 7.14. The summed E-state index contributed by atoms with van der Waals surface area (Å²) in [5.41, 5.74) is 7.40. The summed E-state index contributed by atoms with van der Waals surface area (Å²) in [7, 11) is -4.21. The predicted molar refractivity (Wildman–Crippen MR) is 143 cm³/mol. The van der Waals surface area contributed by atoms with Gasteiger partial charge in [-0.2, -0.15) is 0 Å². The molecule has 0 aliphatic rings. The van der Waals surface area contributed by atoms with Gasteiger partial charge < -0.3 is 15.1 Å². The Morgan fingerprint density at radius 3 is 2.16 bits per heavy atom. The highest BCUT2D eigenvalue weighted by Gasteiger charge is 2.26. The van der Waals surface area contributed by atoms with Gasteiger partial charge >= 0.3 is 5.97 Å². The third-order valence-electron chi connectivity index (χ3n) is 5.79. The molecule has 1 aromatic heterocycles. The number of carboxylic acids is 1. The van der Waals surface area contributed by atoms with Crippen molar-refractivity contribution in [3.63, 3.8) is 0 Å². The van der Waals surface area contributed by atoms with Crippen LogP contribution >= 0.6 is 7.37 Å². The van der Waals surface area contributed by atoms with Gasteiger partial charge in [-0.1, -0.05) is 76.1 Å². The number of benzene rings is 2. The van der Waals surface area contributed by atoms with E-state index in [2.05, 4.69) is 11.6 Å². The first-order valence-corrected chi connectivity index (χ1v) is 13.9. The first-order valence-electron chi connectivity index (χ1n) is 12.0. The molecule has 0 aliphatic carbocycles. The van der Waals surface area contributed by atoms with Crippen LogP contribution in [0.15, 0.2) is 54.6 Å². The number of aromatic nitrogens is 1. The Bertz CT molecular complexity index is 1380. The number of aliphatic hydroxyl groups excluding tert-OH is 1. The minimum Gasteiger partial charge on any atom is -0.481 e. The number of nitrogens with zero attached hydrogens (tertiary/aromatic N) is 1. The van der Waals surface area contributed by atoms with Gasteiger partial charge in [-0.05, 0) is 40.8 Å². The van der Waals surface area contributed by atoms with Crippen molar-refractivity contribution in [1.29, 1.82) is 0 Å².